The molecule has 0 fully saturated rings. The smallest absolute Gasteiger partial charge is 0.404 e. The van der Waals surface area contributed by atoms with Gasteiger partial charge in [0.05, 0.1) is 24.2 Å². The van der Waals surface area contributed by atoms with E-state index >= 15 is 0 Å². The fourth-order valence-corrected chi connectivity index (χ4v) is 3.05. The maximum absolute atomic E-state index is 13.2. The first kappa shape index (κ1) is 22.1. The van der Waals surface area contributed by atoms with Gasteiger partial charge in [0.15, 0.2) is 5.84 Å². The number of aromatic nitrogens is 1. The molecule has 2 rings (SSSR count). The van der Waals surface area contributed by atoms with E-state index in [4.69, 9.17) is 20.8 Å². The van der Waals surface area contributed by atoms with E-state index in [0.717, 1.165) is 12.8 Å². The number of hydrogen-bond acceptors (Lipinski definition) is 5. The fraction of sp³-hybridized carbons (Fsp3) is 0.450. The van der Waals surface area contributed by atoms with Crippen LogP contribution in [0.2, 0.25) is 0 Å². The second kappa shape index (κ2) is 9.81. The minimum Gasteiger partial charge on any atom is -0.491 e. The summed E-state index contributed by atoms with van der Waals surface area (Å²) in [5.41, 5.74) is 6.35. The van der Waals surface area contributed by atoms with Crippen LogP contribution in [0.1, 0.15) is 44.9 Å². The van der Waals surface area contributed by atoms with Crippen LogP contribution < -0.4 is 21.3 Å². The minimum atomic E-state index is -1.20. The van der Waals surface area contributed by atoms with Crippen LogP contribution in [0.4, 0.5) is 4.79 Å². The number of rotatable bonds is 9. The molecule has 0 aliphatic rings. The molecule has 0 aliphatic carbocycles. The number of carbonyl (C=O) groups is 1. The van der Waals surface area contributed by atoms with Gasteiger partial charge in [-0.25, -0.2) is 4.79 Å². The highest BCUT2D eigenvalue weighted by Crippen LogP contribution is 2.30. The number of unbranched alkanes of at least 4 members (excludes halogenated alkanes) is 1. The molecule has 9 heteroatoms. The van der Waals surface area contributed by atoms with Gasteiger partial charge >= 0.3 is 6.09 Å². The number of ether oxygens (including phenoxy) is 1. The van der Waals surface area contributed by atoms with Crippen LogP contribution >= 0.6 is 0 Å². The van der Waals surface area contributed by atoms with Gasteiger partial charge in [0.2, 0.25) is 0 Å². The van der Waals surface area contributed by atoms with Crippen LogP contribution in [-0.4, -0.2) is 33.4 Å². The summed E-state index contributed by atoms with van der Waals surface area (Å²) in [4.78, 5) is 24.3. The molecule has 0 atom stereocenters. The summed E-state index contributed by atoms with van der Waals surface area (Å²) in [5.74, 6) is 0.492. The molecule has 0 saturated carbocycles. The van der Waals surface area contributed by atoms with Gasteiger partial charge in [-0.3, -0.25) is 4.79 Å². The van der Waals surface area contributed by atoms with Crippen LogP contribution in [0.3, 0.4) is 0 Å². The first-order valence-electron chi connectivity index (χ1n) is 9.57. The number of nitrogens with zero attached hydrogens (tertiary/aromatic N) is 2. The first-order valence-corrected chi connectivity index (χ1v) is 9.57. The summed E-state index contributed by atoms with van der Waals surface area (Å²) in [6.07, 6.45) is 0.525. The normalized spacial score (nSPS) is 11.8. The molecule has 158 valence electrons. The molecule has 0 unspecified atom stereocenters. The summed E-state index contributed by atoms with van der Waals surface area (Å²) in [7, 11) is 0. The highest BCUT2D eigenvalue weighted by atomic mass is 16.5. The lowest BCUT2D eigenvalue weighted by atomic mass is 10.0. The van der Waals surface area contributed by atoms with Gasteiger partial charge in [-0.2, -0.15) is 0 Å². The van der Waals surface area contributed by atoms with E-state index < -0.39 is 6.09 Å². The van der Waals surface area contributed by atoms with E-state index in [1.165, 1.54) is 0 Å². The van der Waals surface area contributed by atoms with E-state index in [9.17, 15) is 9.59 Å². The molecule has 2 aromatic rings. The van der Waals surface area contributed by atoms with Crippen LogP contribution in [0.5, 0.6) is 5.75 Å². The highest BCUT2D eigenvalue weighted by Gasteiger charge is 2.20. The van der Waals surface area contributed by atoms with Crippen LogP contribution in [-0.2, 0) is 13.1 Å². The maximum Gasteiger partial charge on any atom is 0.404 e. The van der Waals surface area contributed by atoms with Crippen molar-refractivity contribution in [2.24, 2.45) is 16.8 Å². The van der Waals surface area contributed by atoms with Gasteiger partial charge in [0, 0.05) is 17.5 Å². The van der Waals surface area contributed by atoms with Crippen molar-refractivity contribution in [2.45, 2.75) is 46.7 Å². The summed E-state index contributed by atoms with van der Waals surface area (Å²) in [6.45, 7) is 6.73. The third kappa shape index (κ3) is 5.18. The maximum atomic E-state index is 13.2. The lowest BCUT2D eigenvalue weighted by molar-refractivity contribution is 0.193. The van der Waals surface area contributed by atoms with Crippen LogP contribution in [0.25, 0.3) is 10.8 Å². The summed E-state index contributed by atoms with van der Waals surface area (Å²) < 4.78 is 7.60. The van der Waals surface area contributed by atoms with E-state index in [0.29, 0.717) is 40.9 Å². The van der Waals surface area contributed by atoms with E-state index in [2.05, 4.69) is 10.5 Å². The van der Waals surface area contributed by atoms with Crippen molar-refractivity contribution in [2.75, 3.05) is 6.61 Å². The molecule has 0 radical (unpaired) electrons. The molecule has 5 N–H and O–H groups in total. The Morgan fingerprint density at radius 2 is 2.07 bits per heavy atom. The molecule has 1 amide bonds. The van der Waals surface area contributed by atoms with Crippen molar-refractivity contribution in [3.8, 4) is 5.75 Å². The van der Waals surface area contributed by atoms with E-state index in [1.54, 1.807) is 22.8 Å². The van der Waals surface area contributed by atoms with Crippen molar-refractivity contribution in [1.29, 1.82) is 0 Å². The Morgan fingerprint density at radius 1 is 1.34 bits per heavy atom. The highest BCUT2D eigenvalue weighted by molar-refractivity contribution is 6.02. The monoisotopic (exact) mass is 404 g/mol. The average molecular weight is 404 g/mol. The van der Waals surface area contributed by atoms with Gasteiger partial charge in [0.25, 0.3) is 5.56 Å². The molecule has 0 saturated heterocycles. The van der Waals surface area contributed by atoms with Gasteiger partial charge in [-0.15, -0.1) is 0 Å². The van der Waals surface area contributed by atoms with Crippen molar-refractivity contribution in [1.82, 2.24) is 9.88 Å². The zero-order valence-corrected chi connectivity index (χ0v) is 16.9. The third-order valence-corrected chi connectivity index (χ3v) is 4.43. The number of fused-ring (bicyclic) bond motifs is 1. The molecule has 0 bridgehead atoms. The lowest BCUT2D eigenvalue weighted by Gasteiger charge is -2.21. The first-order chi connectivity index (χ1) is 13.8. The number of benzene rings is 1. The number of amidine groups is 1. The predicted molar refractivity (Wildman–Crippen MR) is 111 cm³/mol. The number of carboxylic acid groups (broad SMARTS) is 1. The Hall–Kier alpha value is -3.23. The van der Waals surface area contributed by atoms with Gasteiger partial charge < -0.3 is 30.7 Å². The van der Waals surface area contributed by atoms with Gasteiger partial charge in [-0.1, -0.05) is 38.4 Å². The fourth-order valence-electron chi connectivity index (χ4n) is 3.05. The molecular weight excluding hydrogens is 376 g/mol. The summed E-state index contributed by atoms with van der Waals surface area (Å²) in [5, 5.41) is 24.3. The number of hydrogen-bond donors (Lipinski definition) is 4. The van der Waals surface area contributed by atoms with E-state index in [1.807, 2.05) is 20.8 Å². The summed E-state index contributed by atoms with van der Waals surface area (Å²) >= 11 is 0. The summed E-state index contributed by atoms with van der Waals surface area (Å²) in [6, 6.07) is 4.84. The molecule has 1 aromatic carbocycles. The van der Waals surface area contributed by atoms with Crippen molar-refractivity contribution in [3.63, 3.8) is 0 Å². The van der Waals surface area contributed by atoms with Crippen LogP contribution in [0.15, 0.2) is 28.1 Å². The van der Waals surface area contributed by atoms with Crippen molar-refractivity contribution in [3.05, 3.63) is 39.8 Å². The molecule has 1 aromatic heterocycles. The SMILES string of the molecule is CCCCOc1c(CNC(=O)O)n(CC(C)C)c(=O)c2ccc(/C(N)=N\O)cc12. The molecule has 9 nitrogen and oxygen atoms in total. The molecule has 29 heavy (non-hydrogen) atoms. The molecule has 1 heterocycles. The Balaban J connectivity index is 2.81. The predicted octanol–water partition coefficient (Wildman–Crippen LogP) is 2.70. The number of nitrogens with one attached hydrogen (secondary N) is 1. The second-order valence-electron chi connectivity index (χ2n) is 7.19. The molecule has 0 aliphatic heterocycles. The zero-order valence-electron chi connectivity index (χ0n) is 16.9. The lowest BCUT2D eigenvalue weighted by Crippen LogP contribution is -2.31. The van der Waals surface area contributed by atoms with Crippen LogP contribution in [0, 0.1) is 5.92 Å². The number of pyridine rings is 1. The number of nitrogens with two attached hydrogens (primary N) is 1. The van der Waals surface area contributed by atoms with Gasteiger partial charge in [0.1, 0.15) is 5.75 Å². The zero-order chi connectivity index (χ0) is 21.6. The minimum absolute atomic E-state index is 0.0809. The van der Waals surface area contributed by atoms with Crippen molar-refractivity contribution >= 4 is 22.7 Å². The van der Waals surface area contributed by atoms with Gasteiger partial charge in [-0.05, 0) is 24.5 Å². The standard InChI is InChI=1S/C20H28N4O5/c1-4-5-8-29-17-15-9-13(18(21)23-28)6-7-14(15)19(25)24(11-12(2)3)16(17)10-22-20(26)27/h6-7,9,12,22,28H,4-5,8,10-11H2,1-3H3,(H2,21,23)(H,26,27). The largest absolute Gasteiger partial charge is 0.491 e. The third-order valence-electron chi connectivity index (χ3n) is 4.43. The Morgan fingerprint density at radius 3 is 2.66 bits per heavy atom. The molecular formula is C20H28N4O5. The Labute approximate surface area is 168 Å². The van der Waals surface area contributed by atoms with Crippen molar-refractivity contribution < 1.29 is 19.8 Å². The Kier molecular flexibility index (Phi) is 7.46. The average Bonchev–Trinajstić information content (AvgIpc) is 2.69. The second-order valence-corrected chi connectivity index (χ2v) is 7.19. The quantitative estimate of drug-likeness (QED) is 0.167. The number of oxime groups is 1. The molecule has 0 spiro atoms. The number of amides is 1. The Bertz CT molecular complexity index is 965. The van der Waals surface area contributed by atoms with E-state index in [-0.39, 0.29) is 23.9 Å². The topological polar surface area (TPSA) is 139 Å².